The lowest BCUT2D eigenvalue weighted by Gasteiger charge is -2.10. The molecular weight excluding hydrogens is 320 g/mol. The van der Waals surface area contributed by atoms with E-state index < -0.39 is 25.5 Å². The topological polar surface area (TPSA) is 98.5 Å². The molecule has 23 heavy (non-hydrogen) atoms. The molecule has 2 rings (SSSR count). The van der Waals surface area contributed by atoms with Gasteiger partial charge in [-0.25, -0.2) is 8.42 Å². The maximum atomic E-state index is 12.5. The molecule has 2 aromatic carbocycles. The Hall–Kier alpha value is -2.61. The summed E-state index contributed by atoms with van der Waals surface area (Å²) < 4.78 is 32.2. The molecule has 0 unspecified atom stereocenters. The molecular formula is C15H16N2O5S. The molecule has 0 amide bonds. The fourth-order valence-corrected chi connectivity index (χ4v) is 3.26. The molecule has 8 heteroatoms. The van der Waals surface area contributed by atoms with E-state index in [1.54, 1.807) is 18.2 Å². The molecule has 7 nitrogen and oxygen atoms in total. The number of aryl methyl sites for hydroxylation is 1. The second kappa shape index (κ2) is 6.66. The second-order valence-electron chi connectivity index (χ2n) is 4.75. The minimum absolute atomic E-state index is 0.212. The van der Waals surface area contributed by atoms with E-state index in [1.165, 1.54) is 13.2 Å². The van der Waals surface area contributed by atoms with Crippen molar-refractivity contribution in [2.45, 2.75) is 18.2 Å². The molecule has 0 spiro atoms. The minimum Gasteiger partial charge on any atom is -0.497 e. The largest absolute Gasteiger partial charge is 0.497 e. The van der Waals surface area contributed by atoms with Gasteiger partial charge in [0.05, 0.1) is 18.1 Å². The molecule has 0 saturated carbocycles. The molecule has 0 aliphatic heterocycles. The van der Waals surface area contributed by atoms with Crippen LogP contribution in [0.2, 0.25) is 0 Å². The minimum atomic E-state index is -4.09. The van der Waals surface area contributed by atoms with Crippen LogP contribution in [0, 0.1) is 10.1 Å². The second-order valence-corrected chi connectivity index (χ2v) is 6.40. The Labute approximate surface area is 134 Å². The zero-order chi connectivity index (χ0) is 17.0. The van der Waals surface area contributed by atoms with E-state index in [1.807, 2.05) is 13.0 Å². The van der Waals surface area contributed by atoms with Gasteiger partial charge < -0.3 is 4.74 Å². The monoisotopic (exact) mass is 336 g/mol. The summed E-state index contributed by atoms with van der Waals surface area (Å²) in [6.45, 7) is 1.95. The summed E-state index contributed by atoms with van der Waals surface area (Å²) in [5, 5.41) is 11.1. The lowest BCUT2D eigenvalue weighted by molar-refractivity contribution is -0.387. The van der Waals surface area contributed by atoms with Crippen LogP contribution in [0.3, 0.4) is 0 Å². The third kappa shape index (κ3) is 3.78. The van der Waals surface area contributed by atoms with Crippen molar-refractivity contribution in [3.63, 3.8) is 0 Å². The first-order chi connectivity index (χ1) is 10.9. The molecule has 0 aliphatic carbocycles. The number of methoxy groups -OCH3 is 1. The highest BCUT2D eigenvalue weighted by Crippen LogP contribution is 2.29. The molecule has 0 heterocycles. The van der Waals surface area contributed by atoms with Gasteiger partial charge >= 0.3 is 0 Å². The van der Waals surface area contributed by atoms with E-state index in [0.29, 0.717) is 5.69 Å². The highest BCUT2D eigenvalue weighted by molar-refractivity contribution is 7.92. The number of nitrogens with one attached hydrogen (secondary N) is 1. The quantitative estimate of drug-likeness (QED) is 0.646. The average molecular weight is 336 g/mol. The van der Waals surface area contributed by atoms with Gasteiger partial charge in [0, 0.05) is 5.69 Å². The van der Waals surface area contributed by atoms with Gasteiger partial charge in [-0.15, -0.1) is 0 Å². The summed E-state index contributed by atoms with van der Waals surface area (Å²) >= 11 is 0. The molecule has 1 N–H and O–H groups in total. The van der Waals surface area contributed by atoms with Crippen LogP contribution in [0.25, 0.3) is 0 Å². The molecule has 0 fully saturated rings. The Morgan fingerprint density at radius 1 is 1.22 bits per heavy atom. The Morgan fingerprint density at radius 3 is 2.57 bits per heavy atom. The van der Waals surface area contributed by atoms with Gasteiger partial charge in [-0.05, 0) is 36.2 Å². The van der Waals surface area contributed by atoms with E-state index in [9.17, 15) is 18.5 Å². The van der Waals surface area contributed by atoms with E-state index in [0.717, 1.165) is 24.1 Å². The van der Waals surface area contributed by atoms with Crippen LogP contribution in [-0.4, -0.2) is 20.5 Å². The SMILES string of the molecule is CCc1cccc(NS(=O)(=O)c2ccc(OC)cc2[N+](=O)[O-])c1. The van der Waals surface area contributed by atoms with Gasteiger partial charge in [0.25, 0.3) is 15.7 Å². The fourth-order valence-electron chi connectivity index (χ4n) is 2.06. The van der Waals surface area contributed by atoms with Gasteiger partial charge in [-0.1, -0.05) is 19.1 Å². The van der Waals surface area contributed by atoms with Gasteiger partial charge in [-0.3, -0.25) is 14.8 Å². The fraction of sp³-hybridized carbons (Fsp3) is 0.200. The third-order valence-electron chi connectivity index (χ3n) is 3.24. The summed E-state index contributed by atoms with van der Waals surface area (Å²) in [7, 11) is -2.74. The first-order valence-corrected chi connectivity index (χ1v) is 8.30. The van der Waals surface area contributed by atoms with Crippen molar-refractivity contribution in [3.8, 4) is 5.75 Å². The van der Waals surface area contributed by atoms with E-state index in [-0.39, 0.29) is 5.75 Å². The number of hydrogen-bond donors (Lipinski definition) is 1. The number of sulfonamides is 1. The number of rotatable bonds is 6. The summed E-state index contributed by atoms with van der Waals surface area (Å²) in [5.74, 6) is 0.212. The van der Waals surface area contributed by atoms with Crippen molar-refractivity contribution in [2.75, 3.05) is 11.8 Å². The lowest BCUT2D eigenvalue weighted by atomic mass is 10.1. The molecule has 0 saturated heterocycles. The summed E-state index contributed by atoms with van der Waals surface area (Å²) in [4.78, 5) is 9.98. The number of anilines is 1. The number of nitro groups is 1. The number of hydrogen-bond acceptors (Lipinski definition) is 5. The van der Waals surface area contributed by atoms with Crippen molar-refractivity contribution in [1.82, 2.24) is 0 Å². The van der Waals surface area contributed by atoms with Crippen LogP contribution in [0.15, 0.2) is 47.4 Å². The lowest BCUT2D eigenvalue weighted by Crippen LogP contribution is -2.15. The predicted octanol–water partition coefficient (Wildman–Crippen LogP) is 2.97. The molecule has 122 valence electrons. The number of nitrogens with zero attached hydrogens (tertiary/aromatic N) is 1. The molecule has 0 bridgehead atoms. The first-order valence-electron chi connectivity index (χ1n) is 6.81. The van der Waals surface area contributed by atoms with E-state index >= 15 is 0 Å². The Balaban J connectivity index is 2.45. The Bertz CT molecular complexity index is 834. The van der Waals surface area contributed by atoms with Crippen molar-refractivity contribution in [3.05, 3.63) is 58.1 Å². The molecule has 0 aliphatic rings. The van der Waals surface area contributed by atoms with Gasteiger partial charge in [-0.2, -0.15) is 0 Å². The maximum Gasteiger partial charge on any atom is 0.293 e. The molecule has 2 aromatic rings. The predicted molar refractivity (Wildman–Crippen MR) is 86.3 cm³/mol. The third-order valence-corrected chi connectivity index (χ3v) is 4.67. The number of benzene rings is 2. The van der Waals surface area contributed by atoms with Crippen LogP contribution in [0.4, 0.5) is 11.4 Å². The molecule has 0 aromatic heterocycles. The highest BCUT2D eigenvalue weighted by atomic mass is 32.2. The first kappa shape index (κ1) is 16.8. The summed E-state index contributed by atoms with van der Waals surface area (Å²) in [5.41, 5.74) is 0.771. The normalized spacial score (nSPS) is 11.0. The van der Waals surface area contributed by atoms with Gasteiger partial charge in [0.15, 0.2) is 4.90 Å². The van der Waals surface area contributed by atoms with Crippen LogP contribution in [-0.2, 0) is 16.4 Å². The maximum absolute atomic E-state index is 12.5. The van der Waals surface area contributed by atoms with Crippen LogP contribution in [0.1, 0.15) is 12.5 Å². The zero-order valence-corrected chi connectivity index (χ0v) is 13.5. The summed E-state index contributed by atoms with van der Waals surface area (Å²) in [6, 6.07) is 10.5. The number of nitro benzene ring substituents is 1. The summed E-state index contributed by atoms with van der Waals surface area (Å²) in [6.07, 6.45) is 0.748. The van der Waals surface area contributed by atoms with Gasteiger partial charge in [0.2, 0.25) is 0 Å². The van der Waals surface area contributed by atoms with Crippen molar-refractivity contribution in [1.29, 1.82) is 0 Å². The Kier molecular flexibility index (Phi) is 4.85. The van der Waals surface area contributed by atoms with Gasteiger partial charge in [0.1, 0.15) is 5.75 Å². The Morgan fingerprint density at radius 2 is 1.96 bits per heavy atom. The zero-order valence-electron chi connectivity index (χ0n) is 12.6. The van der Waals surface area contributed by atoms with E-state index in [4.69, 9.17) is 4.74 Å². The van der Waals surface area contributed by atoms with Crippen LogP contribution < -0.4 is 9.46 Å². The van der Waals surface area contributed by atoms with Crippen molar-refractivity contribution < 1.29 is 18.1 Å². The van der Waals surface area contributed by atoms with Crippen LogP contribution >= 0.6 is 0 Å². The average Bonchev–Trinajstić information content (AvgIpc) is 2.53. The smallest absolute Gasteiger partial charge is 0.293 e. The van der Waals surface area contributed by atoms with Crippen molar-refractivity contribution >= 4 is 21.4 Å². The molecule has 0 radical (unpaired) electrons. The van der Waals surface area contributed by atoms with E-state index in [2.05, 4.69) is 4.72 Å². The highest BCUT2D eigenvalue weighted by Gasteiger charge is 2.26. The molecule has 0 atom stereocenters. The van der Waals surface area contributed by atoms with Crippen molar-refractivity contribution in [2.24, 2.45) is 0 Å². The van der Waals surface area contributed by atoms with Crippen LogP contribution in [0.5, 0.6) is 5.75 Å². The number of ether oxygens (including phenoxy) is 1. The standard InChI is InChI=1S/C15H16N2O5S/c1-3-11-5-4-6-12(9-11)16-23(20,21)15-8-7-13(22-2)10-14(15)17(18)19/h4-10,16H,3H2,1-2H3.